The smallest absolute Gasteiger partial charge is 0.257 e. The molecule has 2 atom stereocenters. The van der Waals surface area contributed by atoms with Gasteiger partial charge >= 0.3 is 0 Å². The Morgan fingerprint density at radius 1 is 1.25 bits per heavy atom. The number of hydrogen-bond acceptors (Lipinski definition) is 3. The lowest BCUT2D eigenvalue weighted by Crippen LogP contribution is -2.52. The first kappa shape index (κ1) is 20.1. The van der Waals surface area contributed by atoms with Crippen LogP contribution in [0.25, 0.3) is 0 Å². The summed E-state index contributed by atoms with van der Waals surface area (Å²) in [6.07, 6.45) is 1.10. The number of methoxy groups -OCH3 is 1. The van der Waals surface area contributed by atoms with Gasteiger partial charge in [0.05, 0.1) is 0 Å². The van der Waals surface area contributed by atoms with Crippen LogP contribution < -0.4 is 11.1 Å². The van der Waals surface area contributed by atoms with Crippen molar-refractivity contribution in [3.8, 4) is 0 Å². The van der Waals surface area contributed by atoms with Crippen molar-refractivity contribution in [3.05, 3.63) is 35.6 Å². The molecule has 0 bridgehead atoms. The molecular weight excluding hydrogens is 311 g/mol. The lowest BCUT2D eigenvalue weighted by Gasteiger charge is -2.30. The summed E-state index contributed by atoms with van der Waals surface area (Å²) in [4.78, 5) is 24.3. The van der Waals surface area contributed by atoms with Crippen molar-refractivity contribution in [2.24, 2.45) is 11.1 Å². The monoisotopic (exact) mass is 338 g/mol. The zero-order valence-corrected chi connectivity index (χ0v) is 15.0. The average molecular weight is 338 g/mol. The first-order valence-electron chi connectivity index (χ1n) is 7.91. The number of halogens is 1. The van der Waals surface area contributed by atoms with E-state index in [4.69, 9.17) is 10.5 Å². The van der Waals surface area contributed by atoms with Crippen molar-refractivity contribution in [2.75, 3.05) is 7.11 Å². The summed E-state index contributed by atoms with van der Waals surface area (Å²) in [7, 11) is 1.32. The Bertz CT molecular complexity index is 598. The number of benzene rings is 1. The Labute approximate surface area is 142 Å². The highest BCUT2D eigenvalue weighted by Gasteiger charge is 2.39. The quantitative estimate of drug-likeness (QED) is 0.801. The van der Waals surface area contributed by atoms with E-state index in [1.807, 2.05) is 20.8 Å². The molecule has 0 saturated carbocycles. The van der Waals surface area contributed by atoms with Crippen LogP contribution in [-0.2, 0) is 19.9 Å². The van der Waals surface area contributed by atoms with Crippen LogP contribution in [0.5, 0.6) is 0 Å². The summed E-state index contributed by atoms with van der Waals surface area (Å²) in [6.45, 7) is 7.56. The minimum Gasteiger partial charge on any atom is -0.368 e. The molecule has 5 nitrogen and oxygen atoms in total. The predicted octanol–water partition coefficient (Wildman–Crippen LogP) is 2.48. The number of carbonyl (C=O) groups is 2. The molecule has 0 fully saturated rings. The Morgan fingerprint density at radius 3 is 2.29 bits per heavy atom. The van der Waals surface area contributed by atoms with Crippen LogP contribution in [0.1, 0.15) is 46.1 Å². The normalized spacial score (nSPS) is 15.4. The molecule has 0 aliphatic rings. The second-order valence-corrected chi connectivity index (χ2v) is 7.24. The maximum absolute atomic E-state index is 14.1. The highest BCUT2D eigenvalue weighted by molar-refractivity contribution is 5.91. The van der Waals surface area contributed by atoms with E-state index in [0.717, 1.165) is 0 Å². The molecule has 1 aromatic rings. The number of nitrogens with one attached hydrogen (secondary N) is 1. The van der Waals surface area contributed by atoms with Crippen molar-refractivity contribution in [2.45, 2.75) is 52.2 Å². The molecule has 3 N–H and O–H groups in total. The molecule has 6 heteroatoms. The van der Waals surface area contributed by atoms with E-state index in [0.29, 0.717) is 12.8 Å². The van der Waals surface area contributed by atoms with Gasteiger partial charge in [-0.2, -0.15) is 0 Å². The van der Waals surface area contributed by atoms with Crippen molar-refractivity contribution in [3.63, 3.8) is 0 Å². The van der Waals surface area contributed by atoms with E-state index in [9.17, 15) is 14.0 Å². The number of hydrogen-bond donors (Lipinski definition) is 2. The SMILES string of the molecule is COC(C)(C(=O)NC(CCC(C)(C)C)C(N)=O)c1ccccc1F. The van der Waals surface area contributed by atoms with Gasteiger partial charge in [-0.25, -0.2) is 4.39 Å². The van der Waals surface area contributed by atoms with Crippen molar-refractivity contribution in [1.29, 1.82) is 0 Å². The standard InChI is InChI=1S/C18H27FN2O3/c1-17(2,3)11-10-14(15(20)22)21-16(23)18(4,24-5)12-8-6-7-9-13(12)19/h6-9,14H,10-11H2,1-5H3,(H2,20,22)(H,21,23). The second-order valence-electron chi connectivity index (χ2n) is 7.24. The fourth-order valence-electron chi connectivity index (χ4n) is 2.33. The van der Waals surface area contributed by atoms with Gasteiger partial charge in [0.15, 0.2) is 5.60 Å². The molecule has 0 aliphatic carbocycles. The summed E-state index contributed by atoms with van der Waals surface area (Å²) in [6, 6.07) is 5.05. The van der Waals surface area contributed by atoms with Gasteiger partial charge in [-0.05, 0) is 31.2 Å². The number of rotatable bonds is 7. The van der Waals surface area contributed by atoms with E-state index in [2.05, 4.69) is 5.32 Å². The molecule has 0 aromatic heterocycles. The number of primary amides is 1. The third-order valence-electron chi connectivity index (χ3n) is 4.06. The van der Waals surface area contributed by atoms with Gasteiger partial charge < -0.3 is 15.8 Å². The maximum Gasteiger partial charge on any atom is 0.257 e. The van der Waals surface area contributed by atoms with Crippen molar-refractivity contribution >= 4 is 11.8 Å². The minimum atomic E-state index is -1.55. The number of carbonyl (C=O) groups excluding carboxylic acids is 2. The van der Waals surface area contributed by atoms with E-state index >= 15 is 0 Å². The van der Waals surface area contributed by atoms with E-state index < -0.39 is 29.3 Å². The van der Waals surface area contributed by atoms with Gasteiger partial charge in [0.25, 0.3) is 5.91 Å². The van der Waals surface area contributed by atoms with Crippen LogP contribution >= 0.6 is 0 Å². The van der Waals surface area contributed by atoms with Gasteiger partial charge in [0.2, 0.25) is 5.91 Å². The summed E-state index contributed by atoms with van der Waals surface area (Å²) in [5.41, 5.74) is 3.94. The lowest BCUT2D eigenvalue weighted by molar-refractivity contribution is -0.145. The molecule has 2 amide bonds. The molecule has 2 unspecified atom stereocenters. The van der Waals surface area contributed by atoms with Crippen LogP contribution in [0.2, 0.25) is 0 Å². The average Bonchev–Trinajstić information content (AvgIpc) is 2.49. The predicted molar refractivity (Wildman–Crippen MR) is 90.6 cm³/mol. The maximum atomic E-state index is 14.1. The summed E-state index contributed by atoms with van der Waals surface area (Å²) < 4.78 is 19.4. The van der Waals surface area contributed by atoms with Crippen LogP contribution in [0.4, 0.5) is 4.39 Å². The van der Waals surface area contributed by atoms with Gasteiger partial charge in [-0.3, -0.25) is 9.59 Å². The van der Waals surface area contributed by atoms with Crippen LogP contribution in [0.3, 0.4) is 0 Å². The molecule has 134 valence electrons. The Balaban J connectivity index is 2.99. The molecule has 0 spiro atoms. The Morgan fingerprint density at radius 2 is 1.83 bits per heavy atom. The highest BCUT2D eigenvalue weighted by atomic mass is 19.1. The largest absolute Gasteiger partial charge is 0.368 e. The van der Waals surface area contributed by atoms with Crippen LogP contribution in [0, 0.1) is 11.2 Å². The Kier molecular flexibility index (Phi) is 6.49. The lowest BCUT2D eigenvalue weighted by atomic mass is 9.88. The van der Waals surface area contributed by atoms with Crippen LogP contribution in [-0.4, -0.2) is 25.0 Å². The fraction of sp³-hybridized carbons (Fsp3) is 0.556. The molecule has 1 aromatic carbocycles. The third kappa shape index (κ3) is 5.03. The molecule has 0 radical (unpaired) electrons. The molecule has 0 saturated heterocycles. The van der Waals surface area contributed by atoms with E-state index in [-0.39, 0.29) is 11.0 Å². The molecule has 24 heavy (non-hydrogen) atoms. The van der Waals surface area contributed by atoms with Crippen molar-refractivity contribution < 1.29 is 18.7 Å². The first-order valence-corrected chi connectivity index (χ1v) is 7.91. The Hall–Kier alpha value is -1.95. The zero-order chi connectivity index (χ0) is 18.5. The van der Waals surface area contributed by atoms with Crippen LogP contribution in [0.15, 0.2) is 24.3 Å². The summed E-state index contributed by atoms with van der Waals surface area (Å²) >= 11 is 0. The third-order valence-corrected chi connectivity index (χ3v) is 4.06. The number of ether oxygens (including phenoxy) is 1. The second kappa shape index (κ2) is 7.75. The van der Waals surface area contributed by atoms with Gasteiger partial charge in [0, 0.05) is 12.7 Å². The van der Waals surface area contributed by atoms with Gasteiger partial charge in [0.1, 0.15) is 11.9 Å². The molecular formula is C18H27FN2O3. The first-order chi connectivity index (χ1) is 11.0. The van der Waals surface area contributed by atoms with E-state index in [1.165, 1.54) is 32.2 Å². The molecule has 1 rings (SSSR count). The molecule has 0 aliphatic heterocycles. The summed E-state index contributed by atoms with van der Waals surface area (Å²) in [5, 5.41) is 2.60. The molecule has 0 heterocycles. The summed E-state index contributed by atoms with van der Waals surface area (Å²) in [5.74, 6) is -1.78. The topological polar surface area (TPSA) is 81.4 Å². The van der Waals surface area contributed by atoms with Crippen molar-refractivity contribution in [1.82, 2.24) is 5.32 Å². The van der Waals surface area contributed by atoms with Gasteiger partial charge in [-0.15, -0.1) is 0 Å². The minimum absolute atomic E-state index is 0.00543. The zero-order valence-electron chi connectivity index (χ0n) is 15.0. The number of amides is 2. The number of nitrogens with two attached hydrogens (primary N) is 1. The fourth-order valence-corrected chi connectivity index (χ4v) is 2.33. The van der Waals surface area contributed by atoms with Gasteiger partial charge in [-0.1, -0.05) is 39.0 Å². The highest BCUT2D eigenvalue weighted by Crippen LogP contribution is 2.28. The van der Waals surface area contributed by atoms with E-state index in [1.54, 1.807) is 6.07 Å².